The molecule has 1 atom stereocenters. The van der Waals surface area contributed by atoms with Gasteiger partial charge in [-0.2, -0.15) is 0 Å². The van der Waals surface area contributed by atoms with Gasteiger partial charge in [0.2, 0.25) is 0 Å². The number of rotatable bonds is 4. The van der Waals surface area contributed by atoms with Crippen LogP contribution in [0.25, 0.3) is 0 Å². The van der Waals surface area contributed by atoms with E-state index in [1.54, 1.807) is 0 Å². The average molecular weight is 311 g/mol. The number of nitrogens with zero attached hydrogens (tertiary/aromatic N) is 3. The Morgan fingerprint density at radius 1 is 1.09 bits per heavy atom. The van der Waals surface area contributed by atoms with Crippen molar-refractivity contribution in [3.8, 4) is 0 Å². The number of β-amino-alcohol motifs (C(OH)–C–C–N with tert-alkyl or cyclic N) is 1. The molecule has 5 nitrogen and oxygen atoms in total. The topological polar surface area (TPSA) is 47.0 Å². The standard InChI is InChI=1S/C17H33N3O2/c1-5-18-9-11-19(12-10-18)14-17(22)7-6-8-20(15(17)21)13-16(2,3)4/h22H,5-14H2,1-4H3/t17-/m1/s1. The van der Waals surface area contributed by atoms with Gasteiger partial charge in [-0.05, 0) is 24.8 Å². The van der Waals surface area contributed by atoms with Gasteiger partial charge in [0.25, 0.3) is 5.91 Å². The normalized spacial score (nSPS) is 29.1. The molecule has 22 heavy (non-hydrogen) atoms. The Morgan fingerprint density at radius 2 is 1.68 bits per heavy atom. The molecule has 1 amide bonds. The van der Waals surface area contributed by atoms with E-state index in [9.17, 15) is 9.90 Å². The first kappa shape index (κ1) is 17.7. The zero-order valence-electron chi connectivity index (χ0n) is 14.8. The summed E-state index contributed by atoms with van der Waals surface area (Å²) in [7, 11) is 0. The molecule has 0 aromatic heterocycles. The number of hydrogen-bond donors (Lipinski definition) is 1. The molecule has 0 radical (unpaired) electrons. The summed E-state index contributed by atoms with van der Waals surface area (Å²) in [6.07, 6.45) is 1.49. The maximum Gasteiger partial charge on any atom is 0.255 e. The van der Waals surface area contributed by atoms with Crippen LogP contribution in [0.15, 0.2) is 0 Å². The molecule has 2 aliphatic heterocycles. The van der Waals surface area contributed by atoms with E-state index in [1.165, 1.54) is 0 Å². The van der Waals surface area contributed by atoms with Crippen molar-refractivity contribution in [3.63, 3.8) is 0 Å². The van der Waals surface area contributed by atoms with Crippen molar-refractivity contribution >= 4 is 5.91 Å². The van der Waals surface area contributed by atoms with Gasteiger partial charge in [0.05, 0.1) is 0 Å². The minimum atomic E-state index is -1.18. The molecule has 0 aliphatic carbocycles. The van der Waals surface area contributed by atoms with Crippen LogP contribution in [0.5, 0.6) is 0 Å². The highest BCUT2D eigenvalue weighted by Gasteiger charge is 2.44. The van der Waals surface area contributed by atoms with E-state index in [2.05, 4.69) is 37.5 Å². The van der Waals surface area contributed by atoms with Gasteiger partial charge >= 0.3 is 0 Å². The van der Waals surface area contributed by atoms with Crippen LogP contribution < -0.4 is 0 Å². The van der Waals surface area contributed by atoms with E-state index in [-0.39, 0.29) is 11.3 Å². The summed E-state index contributed by atoms with van der Waals surface area (Å²) in [5.74, 6) is -0.0633. The van der Waals surface area contributed by atoms with Crippen molar-refractivity contribution < 1.29 is 9.90 Å². The Balaban J connectivity index is 1.95. The minimum Gasteiger partial charge on any atom is -0.379 e. The summed E-state index contributed by atoms with van der Waals surface area (Å²) in [6.45, 7) is 15.6. The van der Waals surface area contributed by atoms with Crippen LogP contribution in [0.3, 0.4) is 0 Å². The third-order valence-corrected chi connectivity index (χ3v) is 4.77. The maximum atomic E-state index is 12.8. The largest absolute Gasteiger partial charge is 0.379 e. The summed E-state index contributed by atoms with van der Waals surface area (Å²) in [5.41, 5.74) is -1.11. The monoisotopic (exact) mass is 311 g/mol. The zero-order valence-corrected chi connectivity index (χ0v) is 14.8. The molecule has 0 bridgehead atoms. The molecule has 5 heteroatoms. The Bertz CT molecular complexity index is 386. The highest BCUT2D eigenvalue weighted by molar-refractivity contribution is 5.86. The molecule has 2 rings (SSSR count). The number of aliphatic hydroxyl groups is 1. The second kappa shape index (κ2) is 6.85. The van der Waals surface area contributed by atoms with E-state index in [0.717, 1.165) is 52.2 Å². The highest BCUT2D eigenvalue weighted by Crippen LogP contribution is 2.27. The number of piperidine rings is 1. The molecular formula is C17H33N3O2. The first-order valence-electron chi connectivity index (χ1n) is 8.70. The molecule has 2 heterocycles. The predicted octanol–water partition coefficient (Wildman–Crippen LogP) is 1.02. The van der Waals surface area contributed by atoms with E-state index < -0.39 is 5.60 Å². The summed E-state index contributed by atoms with van der Waals surface area (Å²) in [5, 5.41) is 10.9. The van der Waals surface area contributed by atoms with Gasteiger partial charge in [-0.1, -0.05) is 27.7 Å². The van der Waals surface area contributed by atoms with Crippen LogP contribution in [0.1, 0.15) is 40.5 Å². The second-order valence-electron chi connectivity index (χ2n) is 8.13. The molecule has 0 saturated carbocycles. The van der Waals surface area contributed by atoms with Crippen molar-refractivity contribution in [1.82, 2.24) is 14.7 Å². The number of piperazine rings is 1. The van der Waals surface area contributed by atoms with Gasteiger partial charge < -0.3 is 14.9 Å². The van der Waals surface area contributed by atoms with Gasteiger partial charge in [-0.25, -0.2) is 0 Å². The SMILES string of the molecule is CCN1CCN(C[C@]2(O)CCCN(CC(C)(C)C)C2=O)CC1. The van der Waals surface area contributed by atoms with Gasteiger partial charge in [-0.15, -0.1) is 0 Å². The van der Waals surface area contributed by atoms with Crippen LogP contribution in [0.2, 0.25) is 0 Å². The van der Waals surface area contributed by atoms with Crippen LogP contribution in [0.4, 0.5) is 0 Å². The Hall–Kier alpha value is -0.650. The van der Waals surface area contributed by atoms with E-state index in [0.29, 0.717) is 13.0 Å². The van der Waals surface area contributed by atoms with Crippen molar-refractivity contribution in [1.29, 1.82) is 0 Å². The zero-order chi connectivity index (χ0) is 16.4. The molecule has 2 fully saturated rings. The lowest BCUT2D eigenvalue weighted by Crippen LogP contribution is -2.61. The number of likely N-dealkylation sites (tertiary alicyclic amines) is 1. The Labute approximate surface area is 135 Å². The molecule has 1 N–H and O–H groups in total. The molecule has 2 saturated heterocycles. The molecule has 2 aliphatic rings. The fourth-order valence-corrected chi connectivity index (χ4v) is 3.57. The van der Waals surface area contributed by atoms with Gasteiger partial charge in [0.1, 0.15) is 0 Å². The van der Waals surface area contributed by atoms with Gasteiger partial charge in [-0.3, -0.25) is 9.69 Å². The molecule has 128 valence electrons. The first-order chi connectivity index (χ1) is 10.2. The Morgan fingerprint density at radius 3 is 2.23 bits per heavy atom. The predicted molar refractivity (Wildman–Crippen MR) is 88.8 cm³/mol. The summed E-state index contributed by atoms with van der Waals surface area (Å²) < 4.78 is 0. The van der Waals surface area contributed by atoms with E-state index >= 15 is 0 Å². The lowest BCUT2D eigenvalue weighted by molar-refractivity contribution is -0.161. The van der Waals surface area contributed by atoms with Crippen molar-refractivity contribution in [2.24, 2.45) is 5.41 Å². The number of likely N-dealkylation sites (N-methyl/N-ethyl adjacent to an activating group) is 1. The molecule has 0 aromatic carbocycles. The van der Waals surface area contributed by atoms with Crippen molar-refractivity contribution in [2.45, 2.75) is 46.1 Å². The van der Waals surface area contributed by atoms with Gasteiger partial charge in [0, 0.05) is 45.8 Å². The van der Waals surface area contributed by atoms with Crippen LogP contribution in [0, 0.1) is 5.41 Å². The number of amides is 1. The third-order valence-electron chi connectivity index (χ3n) is 4.77. The quantitative estimate of drug-likeness (QED) is 0.842. The van der Waals surface area contributed by atoms with Crippen molar-refractivity contribution in [3.05, 3.63) is 0 Å². The minimum absolute atomic E-state index is 0.0633. The molecular weight excluding hydrogens is 278 g/mol. The number of carbonyl (C=O) groups is 1. The first-order valence-corrected chi connectivity index (χ1v) is 8.70. The molecule has 0 unspecified atom stereocenters. The van der Waals surface area contributed by atoms with E-state index in [4.69, 9.17) is 0 Å². The molecule has 0 spiro atoms. The fraction of sp³-hybridized carbons (Fsp3) is 0.941. The lowest BCUT2D eigenvalue weighted by Gasteiger charge is -2.44. The third kappa shape index (κ3) is 4.43. The lowest BCUT2D eigenvalue weighted by atomic mass is 9.88. The Kier molecular flexibility index (Phi) is 5.51. The fourth-order valence-electron chi connectivity index (χ4n) is 3.57. The summed E-state index contributed by atoms with van der Waals surface area (Å²) in [6, 6.07) is 0. The number of hydrogen-bond acceptors (Lipinski definition) is 4. The highest BCUT2D eigenvalue weighted by atomic mass is 16.3. The average Bonchev–Trinajstić information content (AvgIpc) is 2.44. The summed E-state index contributed by atoms with van der Waals surface area (Å²) in [4.78, 5) is 19.3. The van der Waals surface area contributed by atoms with Gasteiger partial charge in [0.15, 0.2) is 5.60 Å². The van der Waals surface area contributed by atoms with Crippen LogP contribution in [-0.2, 0) is 4.79 Å². The van der Waals surface area contributed by atoms with Crippen molar-refractivity contribution in [2.75, 3.05) is 52.4 Å². The summed E-state index contributed by atoms with van der Waals surface area (Å²) >= 11 is 0. The van der Waals surface area contributed by atoms with Crippen LogP contribution in [-0.4, -0.2) is 83.7 Å². The second-order valence-corrected chi connectivity index (χ2v) is 8.13. The van der Waals surface area contributed by atoms with Crippen LogP contribution >= 0.6 is 0 Å². The smallest absolute Gasteiger partial charge is 0.255 e. The van der Waals surface area contributed by atoms with E-state index in [1.807, 2.05) is 4.90 Å². The maximum absolute atomic E-state index is 12.8. The number of carbonyl (C=O) groups excluding carboxylic acids is 1. The molecule has 0 aromatic rings.